The minimum Gasteiger partial charge on any atom is -0.379 e. The number of ether oxygens (including phenoxy) is 1. The average Bonchev–Trinajstić information content (AvgIpc) is 2.68. The first-order valence-corrected chi connectivity index (χ1v) is 9.49. The molecule has 0 bridgehead atoms. The number of hydrogen-bond acceptors (Lipinski definition) is 6. The predicted octanol–water partition coefficient (Wildman–Crippen LogP) is 2.09. The fourth-order valence-electron chi connectivity index (χ4n) is 3.66. The van der Waals surface area contributed by atoms with Gasteiger partial charge in [-0.05, 0) is 24.5 Å². The third-order valence-electron chi connectivity index (χ3n) is 5.12. The highest BCUT2D eigenvalue weighted by Crippen LogP contribution is 2.24. The van der Waals surface area contributed by atoms with Crippen LogP contribution in [0.5, 0.6) is 0 Å². The summed E-state index contributed by atoms with van der Waals surface area (Å²) in [7, 11) is 0. The van der Waals surface area contributed by atoms with E-state index in [4.69, 9.17) is 4.74 Å². The number of hydrogen-bond donors (Lipinski definition) is 1. The molecule has 138 valence electrons. The number of rotatable bonds is 5. The number of fused-ring (bicyclic) bond motifs is 1. The number of morpholine rings is 1. The largest absolute Gasteiger partial charge is 0.379 e. The van der Waals surface area contributed by atoms with Crippen LogP contribution in [0.15, 0.2) is 30.3 Å². The molecule has 1 aromatic heterocycles. The van der Waals surface area contributed by atoms with Crippen molar-refractivity contribution in [3.63, 3.8) is 0 Å². The predicted molar refractivity (Wildman–Crippen MR) is 104 cm³/mol. The Labute approximate surface area is 155 Å². The Bertz CT molecular complexity index is 745. The van der Waals surface area contributed by atoms with Crippen molar-refractivity contribution in [2.75, 3.05) is 56.2 Å². The first kappa shape index (κ1) is 17.2. The summed E-state index contributed by atoms with van der Waals surface area (Å²) in [6.07, 6.45) is 1.07. The summed E-state index contributed by atoms with van der Waals surface area (Å²) >= 11 is 0. The van der Waals surface area contributed by atoms with Crippen molar-refractivity contribution in [3.8, 4) is 0 Å². The highest BCUT2D eigenvalue weighted by Gasteiger charge is 2.18. The lowest BCUT2D eigenvalue weighted by molar-refractivity contribution is 0.0398. The maximum atomic E-state index is 5.40. The van der Waals surface area contributed by atoms with Crippen LogP contribution in [0.4, 0.5) is 11.6 Å². The van der Waals surface area contributed by atoms with Crippen molar-refractivity contribution in [2.45, 2.75) is 19.9 Å². The highest BCUT2D eigenvalue weighted by molar-refractivity contribution is 5.51. The maximum absolute atomic E-state index is 5.40. The fourth-order valence-corrected chi connectivity index (χ4v) is 3.66. The highest BCUT2D eigenvalue weighted by atomic mass is 16.5. The van der Waals surface area contributed by atoms with E-state index in [9.17, 15) is 0 Å². The molecule has 1 N–H and O–H groups in total. The molecule has 0 radical (unpaired) electrons. The van der Waals surface area contributed by atoms with Gasteiger partial charge in [0.05, 0.1) is 13.2 Å². The van der Waals surface area contributed by atoms with Gasteiger partial charge in [0.25, 0.3) is 0 Å². The Morgan fingerprint density at radius 2 is 1.88 bits per heavy atom. The molecule has 1 aromatic carbocycles. The number of anilines is 2. The molecule has 6 nitrogen and oxygen atoms in total. The average molecular weight is 353 g/mol. The Balaban J connectivity index is 1.40. The molecule has 1 fully saturated rings. The summed E-state index contributed by atoms with van der Waals surface area (Å²) in [6, 6.07) is 10.8. The Morgan fingerprint density at radius 1 is 1.08 bits per heavy atom. The molecule has 4 rings (SSSR count). The summed E-state index contributed by atoms with van der Waals surface area (Å²) in [6.45, 7) is 9.50. The third-order valence-corrected chi connectivity index (χ3v) is 5.12. The summed E-state index contributed by atoms with van der Waals surface area (Å²) in [5.74, 6) is 2.75. The van der Waals surface area contributed by atoms with Crippen molar-refractivity contribution in [3.05, 3.63) is 47.3 Å². The topological polar surface area (TPSA) is 53.5 Å². The van der Waals surface area contributed by atoms with Crippen molar-refractivity contribution in [1.82, 2.24) is 14.9 Å². The molecule has 2 aliphatic rings. The van der Waals surface area contributed by atoms with Crippen LogP contribution in [-0.2, 0) is 17.7 Å². The number of benzene rings is 1. The molecule has 2 aliphatic heterocycles. The van der Waals surface area contributed by atoms with E-state index < -0.39 is 0 Å². The molecule has 1 saturated heterocycles. The van der Waals surface area contributed by atoms with Gasteiger partial charge in [-0.1, -0.05) is 24.3 Å². The number of nitrogens with one attached hydrogen (secondary N) is 1. The molecule has 0 spiro atoms. The van der Waals surface area contributed by atoms with E-state index in [1.807, 2.05) is 6.92 Å². The summed E-state index contributed by atoms with van der Waals surface area (Å²) in [5.41, 5.74) is 2.86. The van der Waals surface area contributed by atoms with E-state index in [2.05, 4.69) is 55.4 Å². The van der Waals surface area contributed by atoms with Crippen LogP contribution >= 0.6 is 0 Å². The maximum Gasteiger partial charge on any atom is 0.134 e. The quantitative estimate of drug-likeness (QED) is 0.888. The van der Waals surface area contributed by atoms with Gasteiger partial charge in [-0.2, -0.15) is 0 Å². The second-order valence-electron chi connectivity index (χ2n) is 6.98. The van der Waals surface area contributed by atoms with Crippen LogP contribution in [0, 0.1) is 6.92 Å². The van der Waals surface area contributed by atoms with Crippen molar-refractivity contribution < 1.29 is 4.74 Å². The molecule has 3 heterocycles. The first-order valence-electron chi connectivity index (χ1n) is 9.49. The minimum absolute atomic E-state index is 0.815. The lowest BCUT2D eigenvalue weighted by Crippen LogP contribution is -2.39. The monoisotopic (exact) mass is 353 g/mol. The summed E-state index contributed by atoms with van der Waals surface area (Å²) in [5, 5.41) is 3.47. The van der Waals surface area contributed by atoms with Crippen LogP contribution < -0.4 is 10.2 Å². The van der Waals surface area contributed by atoms with E-state index >= 15 is 0 Å². The molecule has 0 atom stereocenters. The zero-order valence-corrected chi connectivity index (χ0v) is 15.4. The van der Waals surface area contributed by atoms with E-state index in [1.54, 1.807) is 0 Å². The summed E-state index contributed by atoms with van der Waals surface area (Å²) in [4.78, 5) is 14.0. The van der Waals surface area contributed by atoms with Crippen molar-refractivity contribution in [2.24, 2.45) is 0 Å². The van der Waals surface area contributed by atoms with Crippen LogP contribution in [0.3, 0.4) is 0 Å². The molecular formula is C20H27N5O. The Hall–Kier alpha value is -2.18. The fraction of sp³-hybridized carbons (Fsp3) is 0.500. The first-order chi connectivity index (χ1) is 12.8. The molecule has 0 amide bonds. The standard InChI is InChI=1S/C20H27N5O/c1-16-22-19(21-7-9-24-10-12-26-13-11-24)14-20(23-16)25-8-6-17-4-2-3-5-18(17)15-25/h2-5,14H,6-13,15H2,1H3,(H,21,22,23). The Kier molecular flexibility index (Phi) is 5.32. The van der Waals surface area contributed by atoms with Crippen LogP contribution in [0.25, 0.3) is 0 Å². The third kappa shape index (κ3) is 4.14. The molecule has 6 heteroatoms. The van der Waals surface area contributed by atoms with Crippen molar-refractivity contribution >= 4 is 11.6 Å². The lowest BCUT2D eigenvalue weighted by atomic mass is 10.00. The van der Waals surface area contributed by atoms with Crippen LogP contribution in [0.1, 0.15) is 17.0 Å². The second-order valence-corrected chi connectivity index (χ2v) is 6.98. The molecule has 0 unspecified atom stereocenters. The van der Waals surface area contributed by atoms with E-state index in [0.29, 0.717) is 0 Å². The molecular weight excluding hydrogens is 326 g/mol. The molecule has 0 aliphatic carbocycles. The van der Waals surface area contributed by atoms with E-state index in [0.717, 1.165) is 76.4 Å². The van der Waals surface area contributed by atoms with Crippen molar-refractivity contribution in [1.29, 1.82) is 0 Å². The zero-order valence-electron chi connectivity index (χ0n) is 15.4. The number of aromatic nitrogens is 2. The van der Waals surface area contributed by atoms with Crippen LogP contribution in [0.2, 0.25) is 0 Å². The van der Waals surface area contributed by atoms with Gasteiger partial charge in [0.1, 0.15) is 17.5 Å². The van der Waals surface area contributed by atoms with Gasteiger partial charge in [0.2, 0.25) is 0 Å². The van der Waals surface area contributed by atoms with Crippen LogP contribution in [-0.4, -0.2) is 60.8 Å². The molecule has 0 saturated carbocycles. The van der Waals surface area contributed by atoms with Gasteiger partial charge >= 0.3 is 0 Å². The van der Waals surface area contributed by atoms with Gasteiger partial charge in [0.15, 0.2) is 0 Å². The Morgan fingerprint density at radius 3 is 2.73 bits per heavy atom. The van der Waals surface area contributed by atoms with E-state index in [-0.39, 0.29) is 0 Å². The smallest absolute Gasteiger partial charge is 0.134 e. The minimum atomic E-state index is 0.815. The zero-order chi connectivity index (χ0) is 17.8. The second kappa shape index (κ2) is 8.01. The summed E-state index contributed by atoms with van der Waals surface area (Å²) < 4.78 is 5.40. The van der Waals surface area contributed by atoms with Gasteiger partial charge in [0, 0.05) is 45.3 Å². The van der Waals surface area contributed by atoms with E-state index in [1.165, 1.54) is 11.1 Å². The SMILES string of the molecule is Cc1nc(NCCN2CCOCC2)cc(N2CCc3ccccc3C2)n1. The molecule has 2 aromatic rings. The normalized spacial score (nSPS) is 17.8. The van der Waals surface area contributed by atoms with Gasteiger partial charge in [-0.15, -0.1) is 0 Å². The van der Waals surface area contributed by atoms with Gasteiger partial charge in [-0.25, -0.2) is 9.97 Å². The van der Waals surface area contributed by atoms with Gasteiger partial charge in [-0.3, -0.25) is 4.90 Å². The number of nitrogens with zero attached hydrogens (tertiary/aromatic N) is 4. The van der Waals surface area contributed by atoms with Gasteiger partial charge < -0.3 is 15.0 Å². The number of aryl methyl sites for hydroxylation is 1. The lowest BCUT2D eigenvalue weighted by Gasteiger charge is -2.30. The molecule has 26 heavy (non-hydrogen) atoms.